The predicted molar refractivity (Wildman–Crippen MR) is 117 cm³/mol. The Kier molecular flexibility index (Phi) is 6.28. The van der Waals surface area contributed by atoms with Crippen molar-refractivity contribution in [1.82, 2.24) is 4.31 Å². The van der Waals surface area contributed by atoms with E-state index < -0.39 is 15.9 Å². The Hall–Kier alpha value is -2.71. The molecule has 1 atom stereocenters. The van der Waals surface area contributed by atoms with Gasteiger partial charge in [-0.3, -0.25) is 9.59 Å². The van der Waals surface area contributed by atoms with E-state index in [0.29, 0.717) is 12.1 Å². The second kappa shape index (κ2) is 8.57. The van der Waals surface area contributed by atoms with Crippen LogP contribution in [0.3, 0.4) is 0 Å². The summed E-state index contributed by atoms with van der Waals surface area (Å²) in [6.07, 6.45) is 1.50. The Balaban J connectivity index is 1.72. The fourth-order valence-electron chi connectivity index (χ4n) is 3.74. The highest BCUT2D eigenvalue weighted by atomic mass is 32.2. The van der Waals surface area contributed by atoms with Gasteiger partial charge in [-0.1, -0.05) is 19.1 Å². The summed E-state index contributed by atoms with van der Waals surface area (Å²) >= 11 is 0. The van der Waals surface area contributed by atoms with Gasteiger partial charge >= 0.3 is 0 Å². The molecule has 0 fully saturated rings. The van der Waals surface area contributed by atoms with Gasteiger partial charge in [0.1, 0.15) is 0 Å². The van der Waals surface area contributed by atoms with Gasteiger partial charge in [0.05, 0.1) is 11.4 Å². The Morgan fingerprint density at radius 1 is 1.17 bits per heavy atom. The van der Waals surface area contributed by atoms with Gasteiger partial charge in [-0.25, -0.2) is 8.42 Å². The topological polar surface area (TPSA) is 86.8 Å². The van der Waals surface area contributed by atoms with E-state index in [-0.39, 0.29) is 23.4 Å². The van der Waals surface area contributed by atoms with E-state index in [4.69, 9.17) is 0 Å². The predicted octanol–water partition coefficient (Wildman–Crippen LogP) is 2.81. The molecule has 2 amide bonds. The number of aryl methyl sites for hydroxylation is 1. The van der Waals surface area contributed by atoms with Crippen LogP contribution in [-0.4, -0.2) is 44.2 Å². The molecule has 1 heterocycles. The van der Waals surface area contributed by atoms with Crippen LogP contribution in [0.5, 0.6) is 0 Å². The summed E-state index contributed by atoms with van der Waals surface area (Å²) in [6, 6.07) is 12.2. The molecule has 0 aromatic heterocycles. The SMILES string of the molecule is CCc1ccc(NC(=O)CN(C)S(=O)(=O)c2ccc3c(c2)C[C@H](C)N3C(C)=O)cc1. The first-order valence-electron chi connectivity index (χ1n) is 9.91. The third-order valence-corrected chi connectivity index (χ3v) is 7.13. The lowest BCUT2D eigenvalue weighted by molar-refractivity contribution is -0.117. The molecular formula is C22H27N3O4S. The molecule has 3 rings (SSSR count). The second-order valence-electron chi connectivity index (χ2n) is 7.59. The van der Waals surface area contributed by atoms with Crippen LogP contribution in [0.15, 0.2) is 47.4 Å². The van der Waals surface area contributed by atoms with E-state index in [9.17, 15) is 18.0 Å². The van der Waals surface area contributed by atoms with E-state index in [2.05, 4.69) is 5.32 Å². The van der Waals surface area contributed by atoms with Crippen LogP contribution in [0.1, 0.15) is 31.9 Å². The Labute approximate surface area is 177 Å². The average Bonchev–Trinajstić information content (AvgIpc) is 3.03. The summed E-state index contributed by atoms with van der Waals surface area (Å²) in [6.45, 7) is 5.17. The minimum Gasteiger partial charge on any atom is -0.325 e. The second-order valence-corrected chi connectivity index (χ2v) is 9.64. The summed E-state index contributed by atoms with van der Waals surface area (Å²) in [5.74, 6) is -0.486. The average molecular weight is 430 g/mol. The lowest BCUT2D eigenvalue weighted by Crippen LogP contribution is -2.35. The van der Waals surface area contributed by atoms with Crippen molar-refractivity contribution in [3.63, 3.8) is 0 Å². The maximum atomic E-state index is 13.0. The van der Waals surface area contributed by atoms with Gasteiger partial charge in [-0.2, -0.15) is 4.31 Å². The first kappa shape index (κ1) is 22.0. The van der Waals surface area contributed by atoms with Crippen molar-refractivity contribution in [3.8, 4) is 0 Å². The highest BCUT2D eigenvalue weighted by molar-refractivity contribution is 7.89. The number of hydrogen-bond acceptors (Lipinski definition) is 4. The summed E-state index contributed by atoms with van der Waals surface area (Å²) in [4.78, 5) is 26.0. The normalized spacial score (nSPS) is 15.9. The van der Waals surface area contributed by atoms with Crippen LogP contribution in [0, 0.1) is 0 Å². The first-order chi connectivity index (χ1) is 14.1. The quantitative estimate of drug-likeness (QED) is 0.765. The number of sulfonamides is 1. The molecule has 0 bridgehead atoms. The third kappa shape index (κ3) is 4.39. The van der Waals surface area contributed by atoms with Crippen molar-refractivity contribution in [2.75, 3.05) is 23.8 Å². The lowest BCUT2D eigenvalue weighted by Gasteiger charge is -2.21. The van der Waals surface area contributed by atoms with E-state index in [0.717, 1.165) is 27.5 Å². The fourth-order valence-corrected chi connectivity index (χ4v) is 4.92. The monoisotopic (exact) mass is 429 g/mol. The largest absolute Gasteiger partial charge is 0.325 e. The minimum atomic E-state index is -3.84. The zero-order chi connectivity index (χ0) is 22.1. The fraction of sp³-hybridized carbons (Fsp3) is 0.364. The third-order valence-electron chi connectivity index (χ3n) is 5.33. The molecule has 0 aliphatic carbocycles. The molecule has 0 radical (unpaired) electrons. The zero-order valence-electron chi connectivity index (χ0n) is 17.7. The Morgan fingerprint density at radius 2 is 1.83 bits per heavy atom. The van der Waals surface area contributed by atoms with Crippen molar-refractivity contribution >= 4 is 33.2 Å². The molecular weight excluding hydrogens is 402 g/mol. The summed E-state index contributed by atoms with van der Waals surface area (Å²) in [5.41, 5.74) is 3.33. The maximum absolute atomic E-state index is 13.0. The highest BCUT2D eigenvalue weighted by Gasteiger charge is 2.31. The van der Waals surface area contributed by atoms with E-state index in [1.165, 1.54) is 20.0 Å². The van der Waals surface area contributed by atoms with Crippen LogP contribution in [-0.2, 0) is 32.5 Å². The lowest BCUT2D eigenvalue weighted by atomic mass is 10.1. The summed E-state index contributed by atoms with van der Waals surface area (Å²) < 4.78 is 27.0. The van der Waals surface area contributed by atoms with Gasteiger partial charge in [0, 0.05) is 31.4 Å². The number of benzene rings is 2. The number of carbonyl (C=O) groups is 2. The van der Waals surface area contributed by atoms with Crippen LogP contribution in [0.4, 0.5) is 11.4 Å². The molecule has 8 heteroatoms. The van der Waals surface area contributed by atoms with Gasteiger partial charge in [0.25, 0.3) is 0 Å². The van der Waals surface area contributed by atoms with Crippen LogP contribution in [0.2, 0.25) is 0 Å². The molecule has 0 unspecified atom stereocenters. The standard InChI is InChI=1S/C22H27N3O4S/c1-5-17-6-8-19(9-7-17)23-22(27)14-24(4)30(28,29)20-10-11-21-18(13-20)12-15(2)25(21)16(3)26/h6-11,13,15H,5,12,14H2,1-4H3,(H,23,27)/t15-/m0/s1. The number of nitrogens with one attached hydrogen (secondary N) is 1. The number of anilines is 2. The first-order valence-corrected chi connectivity index (χ1v) is 11.3. The number of hydrogen-bond donors (Lipinski definition) is 1. The molecule has 2 aromatic carbocycles. The number of amides is 2. The Morgan fingerprint density at radius 3 is 2.43 bits per heavy atom. The molecule has 160 valence electrons. The van der Waals surface area contributed by atoms with Gasteiger partial charge in [0.15, 0.2) is 0 Å². The minimum absolute atomic E-state index is 0.0157. The maximum Gasteiger partial charge on any atom is 0.243 e. The summed E-state index contributed by atoms with van der Waals surface area (Å²) in [7, 11) is -2.46. The molecule has 1 aliphatic rings. The molecule has 7 nitrogen and oxygen atoms in total. The van der Waals surface area contributed by atoms with Crippen LogP contribution >= 0.6 is 0 Å². The van der Waals surface area contributed by atoms with Crippen molar-refractivity contribution in [1.29, 1.82) is 0 Å². The van der Waals surface area contributed by atoms with Gasteiger partial charge in [-0.15, -0.1) is 0 Å². The molecule has 1 N–H and O–H groups in total. The number of nitrogens with zero attached hydrogens (tertiary/aromatic N) is 2. The Bertz CT molecular complexity index is 1060. The molecule has 2 aromatic rings. The van der Waals surface area contributed by atoms with E-state index >= 15 is 0 Å². The number of carbonyl (C=O) groups excluding carboxylic acids is 2. The number of likely N-dealkylation sites (N-methyl/N-ethyl adjacent to an activating group) is 1. The number of fused-ring (bicyclic) bond motifs is 1. The van der Waals surface area contributed by atoms with Crippen molar-refractivity contribution in [2.45, 2.75) is 44.6 Å². The molecule has 30 heavy (non-hydrogen) atoms. The van der Waals surface area contributed by atoms with Crippen molar-refractivity contribution in [3.05, 3.63) is 53.6 Å². The van der Waals surface area contributed by atoms with Gasteiger partial charge in [-0.05, 0) is 61.2 Å². The summed E-state index contributed by atoms with van der Waals surface area (Å²) in [5, 5.41) is 2.72. The van der Waals surface area contributed by atoms with Crippen molar-refractivity contribution < 1.29 is 18.0 Å². The molecule has 0 spiro atoms. The van der Waals surface area contributed by atoms with Crippen LogP contribution in [0.25, 0.3) is 0 Å². The molecule has 1 aliphatic heterocycles. The van der Waals surface area contributed by atoms with Gasteiger partial charge < -0.3 is 10.2 Å². The van der Waals surface area contributed by atoms with E-state index in [1.54, 1.807) is 29.2 Å². The highest BCUT2D eigenvalue weighted by Crippen LogP contribution is 2.34. The molecule has 0 saturated carbocycles. The van der Waals surface area contributed by atoms with E-state index in [1.807, 2.05) is 26.0 Å². The van der Waals surface area contributed by atoms with Crippen molar-refractivity contribution in [2.24, 2.45) is 0 Å². The molecule has 0 saturated heterocycles. The smallest absolute Gasteiger partial charge is 0.243 e. The van der Waals surface area contributed by atoms with Crippen LogP contribution < -0.4 is 10.2 Å². The zero-order valence-corrected chi connectivity index (χ0v) is 18.5. The number of rotatable bonds is 6. The van der Waals surface area contributed by atoms with Gasteiger partial charge in [0.2, 0.25) is 21.8 Å².